The third-order valence-corrected chi connectivity index (χ3v) is 3.98. The van der Waals surface area contributed by atoms with E-state index in [1.54, 1.807) is 17.8 Å². The molecular weight excluding hydrogens is 348 g/mol. The Morgan fingerprint density at radius 2 is 2.07 bits per heavy atom. The highest BCUT2D eigenvalue weighted by Crippen LogP contribution is 2.11. The van der Waals surface area contributed by atoms with Gasteiger partial charge in [-0.3, -0.25) is 9.78 Å². The number of carbonyl (C=O) groups is 1. The topological polar surface area (TPSA) is 108 Å². The van der Waals surface area contributed by atoms with Gasteiger partial charge in [0.05, 0.1) is 24.7 Å². The predicted molar refractivity (Wildman–Crippen MR) is 96.8 cm³/mol. The molecule has 0 spiro atoms. The van der Waals surface area contributed by atoms with E-state index in [0.29, 0.717) is 17.7 Å². The number of carbonyl (C=O) groups excluding carboxylic acids is 1. The fourth-order valence-corrected chi connectivity index (χ4v) is 2.74. The molecule has 3 aromatic heterocycles. The number of nitrogens with zero attached hydrogens (tertiary/aromatic N) is 5. The molecule has 0 fully saturated rings. The molecule has 0 saturated heterocycles. The second kappa shape index (κ2) is 6.87. The van der Waals surface area contributed by atoms with E-state index < -0.39 is 5.97 Å². The van der Waals surface area contributed by atoms with Gasteiger partial charge in [0.2, 0.25) is 5.95 Å². The van der Waals surface area contributed by atoms with Crippen molar-refractivity contribution in [3.05, 3.63) is 70.5 Å². The average molecular weight is 364 g/mol. The minimum absolute atomic E-state index is 0.174. The second-order valence-corrected chi connectivity index (χ2v) is 5.81. The Morgan fingerprint density at radius 1 is 1.26 bits per heavy atom. The van der Waals surface area contributed by atoms with Crippen LogP contribution in [0.25, 0.3) is 17.1 Å². The summed E-state index contributed by atoms with van der Waals surface area (Å²) < 4.78 is 7.98. The summed E-state index contributed by atoms with van der Waals surface area (Å²) in [5, 5.41) is 4.06. The minimum Gasteiger partial charge on any atom is -0.462 e. The number of aromatic amines is 1. The molecule has 136 valence electrons. The lowest BCUT2D eigenvalue weighted by Crippen LogP contribution is -2.16. The van der Waals surface area contributed by atoms with Gasteiger partial charge in [0, 0.05) is 12.7 Å². The first-order chi connectivity index (χ1) is 13.2. The number of ether oxygens (including phenoxy) is 1. The summed E-state index contributed by atoms with van der Waals surface area (Å²) in [4.78, 5) is 35.6. The van der Waals surface area contributed by atoms with E-state index in [1.807, 2.05) is 30.3 Å². The molecule has 0 unspecified atom stereocenters. The van der Waals surface area contributed by atoms with Crippen LogP contribution in [0.5, 0.6) is 0 Å². The molecule has 9 nitrogen and oxygen atoms in total. The number of hydrogen-bond donors (Lipinski definition) is 1. The number of H-pyrrole nitrogens is 1. The number of fused-ring (bicyclic) bond motifs is 1. The predicted octanol–water partition coefficient (Wildman–Crippen LogP) is 1.53. The molecule has 0 amide bonds. The van der Waals surface area contributed by atoms with Crippen LogP contribution < -0.4 is 5.56 Å². The van der Waals surface area contributed by atoms with Crippen LogP contribution in [0.3, 0.4) is 0 Å². The monoisotopic (exact) mass is 364 g/mol. The van der Waals surface area contributed by atoms with E-state index in [4.69, 9.17) is 4.74 Å². The Labute approximate surface area is 153 Å². The average Bonchev–Trinajstić information content (AvgIpc) is 3.31. The molecule has 1 aromatic carbocycles. The zero-order chi connectivity index (χ0) is 18.8. The van der Waals surface area contributed by atoms with Crippen molar-refractivity contribution in [1.29, 1.82) is 0 Å². The van der Waals surface area contributed by atoms with Crippen LogP contribution in [0.4, 0.5) is 0 Å². The van der Waals surface area contributed by atoms with Crippen LogP contribution in [0, 0.1) is 0 Å². The van der Waals surface area contributed by atoms with Crippen LogP contribution in [0.1, 0.15) is 22.8 Å². The highest BCUT2D eigenvalue weighted by atomic mass is 16.5. The number of esters is 1. The summed E-state index contributed by atoms with van der Waals surface area (Å²) in [6.07, 6.45) is 4.38. The number of hydrogen-bond acceptors (Lipinski definition) is 6. The van der Waals surface area contributed by atoms with Crippen LogP contribution in [-0.4, -0.2) is 41.9 Å². The summed E-state index contributed by atoms with van der Waals surface area (Å²) in [5.41, 5.74) is 1.66. The maximum atomic E-state index is 12.6. The van der Waals surface area contributed by atoms with Gasteiger partial charge in [0.25, 0.3) is 5.56 Å². The third kappa shape index (κ3) is 3.22. The maximum Gasteiger partial charge on any atom is 0.341 e. The molecule has 27 heavy (non-hydrogen) atoms. The third-order valence-electron chi connectivity index (χ3n) is 3.98. The summed E-state index contributed by atoms with van der Waals surface area (Å²) in [6, 6.07) is 9.76. The van der Waals surface area contributed by atoms with E-state index in [-0.39, 0.29) is 23.7 Å². The van der Waals surface area contributed by atoms with Crippen molar-refractivity contribution >= 4 is 17.1 Å². The van der Waals surface area contributed by atoms with E-state index >= 15 is 0 Å². The zero-order valence-electron chi connectivity index (χ0n) is 14.5. The highest BCUT2D eigenvalue weighted by Gasteiger charge is 2.15. The van der Waals surface area contributed by atoms with Crippen molar-refractivity contribution in [3.8, 4) is 5.95 Å². The molecule has 0 saturated carbocycles. The number of rotatable bonds is 5. The summed E-state index contributed by atoms with van der Waals surface area (Å²) >= 11 is 0. The molecule has 4 rings (SSSR count). The molecule has 9 heteroatoms. The molecular formula is C18H16N6O3. The Morgan fingerprint density at radius 3 is 2.85 bits per heavy atom. The summed E-state index contributed by atoms with van der Waals surface area (Å²) in [5.74, 6) is -0.313. The van der Waals surface area contributed by atoms with Gasteiger partial charge in [-0.2, -0.15) is 10.1 Å². The molecule has 0 aliphatic rings. The number of benzene rings is 1. The smallest absolute Gasteiger partial charge is 0.341 e. The number of imidazole rings is 1. The molecule has 4 aromatic rings. The second-order valence-electron chi connectivity index (χ2n) is 5.81. The first kappa shape index (κ1) is 16.7. The fourth-order valence-electron chi connectivity index (χ4n) is 2.74. The maximum absolute atomic E-state index is 12.6. The molecule has 3 heterocycles. The first-order valence-electron chi connectivity index (χ1n) is 8.37. The first-order valence-corrected chi connectivity index (χ1v) is 8.37. The lowest BCUT2D eigenvalue weighted by atomic mass is 10.2. The largest absolute Gasteiger partial charge is 0.462 e. The van der Waals surface area contributed by atoms with Crippen molar-refractivity contribution in [2.45, 2.75) is 13.5 Å². The molecule has 0 bridgehead atoms. The van der Waals surface area contributed by atoms with E-state index in [2.05, 4.69) is 20.1 Å². The van der Waals surface area contributed by atoms with Gasteiger partial charge in [0.15, 0.2) is 11.2 Å². The van der Waals surface area contributed by atoms with Crippen molar-refractivity contribution < 1.29 is 9.53 Å². The van der Waals surface area contributed by atoms with E-state index in [0.717, 1.165) is 5.56 Å². The van der Waals surface area contributed by atoms with Gasteiger partial charge in [-0.05, 0) is 12.5 Å². The molecule has 0 aliphatic heterocycles. The Kier molecular flexibility index (Phi) is 4.25. The van der Waals surface area contributed by atoms with Gasteiger partial charge < -0.3 is 9.30 Å². The van der Waals surface area contributed by atoms with E-state index in [9.17, 15) is 9.59 Å². The number of nitrogens with one attached hydrogen (secondary N) is 1. The van der Waals surface area contributed by atoms with Gasteiger partial charge in [0.1, 0.15) is 0 Å². The summed E-state index contributed by atoms with van der Waals surface area (Å²) in [6.45, 7) is 2.50. The van der Waals surface area contributed by atoms with Crippen LogP contribution in [0.15, 0.2) is 53.8 Å². The fraction of sp³-hybridized carbons (Fsp3) is 0.167. The molecule has 0 aliphatic carbocycles. The van der Waals surface area contributed by atoms with Crippen molar-refractivity contribution in [2.24, 2.45) is 0 Å². The molecule has 0 atom stereocenters. The SMILES string of the molecule is CCOC(=O)c1cnn(-c2nc3ncn(Cc4ccccc4)c3c(=O)[nH]2)c1. The number of aromatic nitrogens is 6. The van der Waals surface area contributed by atoms with Crippen molar-refractivity contribution in [3.63, 3.8) is 0 Å². The van der Waals surface area contributed by atoms with Crippen molar-refractivity contribution in [1.82, 2.24) is 29.3 Å². The zero-order valence-corrected chi connectivity index (χ0v) is 14.5. The van der Waals surface area contributed by atoms with Crippen LogP contribution >= 0.6 is 0 Å². The van der Waals surface area contributed by atoms with Crippen LogP contribution in [0.2, 0.25) is 0 Å². The Hall–Kier alpha value is -3.75. The quantitative estimate of drug-likeness (QED) is 0.538. The lowest BCUT2D eigenvalue weighted by Gasteiger charge is -2.04. The van der Waals surface area contributed by atoms with Gasteiger partial charge in [-0.1, -0.05) is 30.3 Å². The summed E-state index contributed by atoms with van der Waals surface area (Å²) in [7, 11) is 0. The molecule has 0 radical (unpaired) electrons. The molecule has 1 N–H and O–H groups in total. The van der Waals surface area contributed by atoms with Gasteiger partial charge in [-0.15, -0.1) is 0 Å². The Bertz CT molecular complexity index is 1160. The van der Waals surface area contributed by atoms with Gasteiger partial charge >= 0.3 is 5.97 Å². The minimum atomic E-state index is -0.487. The lowest BCUT2D eigenvalue weighted by molar-refractivity contribution is 0.0526. The Balaban J connectivity index is 1.69. The van der Waals surface area contributed by atoms with Gasteiger partial charge in [-0.25, -0.2) is 14.5 Å². The van der Waals surface area contributed by atoms with Crippen LogP contribution in [-0.2, 0) is 11.3 Å². The highest BCUT2D eigenvalue weighted by molar-refractivity contribution is 5.88. The van der Waals surface area contributed by atoms with E-state index in [1.165, 1.54) is 17.1 Å². The normalized spacial score (nSPS) is 11.0. The van der Waals surface area contributed by atoms with Crippen molar-refractivity contribution in [2.75, 3.05) is 6.61 Å². The standard InChI is InChI=1S/C18H16N6O3/c1-2-27-17(26)13-8-20-24(10-13)18-21-15-14(16(25)22-18)23(11-19-15)9-12-6-4-3-5-7-12/h3-8,10-11H,2,9H2,1H3,(H,21,22,25).